The van der Waals surface area contributed by atoms with Gasteiger partial charge in [-0.2, -0.15) is 16.8 Å². The van der Waals surface area contributed by atoms with Crippen LogP contribution in [0.2, 0.25) is 0 Å². The van der Waals surface area contributed by atoms with Crippen molar-refractivity contribution in [3.05, 3.63) is 0 Å². The maximum atomic E-state index is 12.2. The molecule has 0 radical (unpaired) electrons. The Kier molecular flexibility index (Phi) is 6.05. The highest BCUT2D eigenvalue weighted by atomic mass is 32.2. The third kappa shape index (κ3) is 7.46. The largest absolute Gasteiger partial charge is 0.444 e. The summed E-state index contributed by atoms with van der Waals surface area (Å²) in [6.07, 6.45) is 0.409. The molecule has 1 fully saturated rings. The van der Waals surface area contributed by atoms with Crippen LogP contribution in [-0.4, -0.2) is 71.2 Å². The zero-order valence-electron chi connectivity index (χ0n) is 13.8. The highest BCUT2D eigenvalue weighted by molar-refractivity contribution is 7.86. The summed E-state index contributed by atoms with van der Waals surface area (Å²) < 4.78 is 59.9. The van der Waals surface area contributed by atoms with E-state index in [1.54, 1.807) is 20.8 Å². The van der Waals surface area contributed by atoms with Gasteiger partial charge in [-0.05, 0) is 27.2 Å². The van der Waals surface area contributed by atoms with E-state index in [4.69, 9.17) is 13.1 Å². The van der Waals surface area contributed by atoms with E-state index < -0.39 is 50.7 Å². The third-order valence-electron chi connectivity index (χ3n) is 2.86. The Morgan fingerprint density at radius 2 is 1.70 bits per heavy atom. The molecule has 2 atom stereocenters. The molecule has 1 amide bonds. The van der Waals surface area contributed by atoms with Crippen LogP contribution < -0.4 is 0 Å². The fraction of sp³-hybridized carbons (Fsp3) is 0.917. The quantitative estimate of drug-likeness (QED) is 0.633. The molecule has 23 heavy (non-hydrogen) atoms. The minimum absolute atomic E-state index is 0.174. The monoisotopic (exact) mass is 373 g/mol. The van der Waals surface area contributed by atoms with E-state index in [2.05, 4.69) is 0 Å². The van der Waals surface area contributed by atoms with Crippen molar-refractivity contribution in [3.8, 4) is 0 Å². The molecule has 1 saturated heterocycles. The maximum absolute atomic E-state index is 12.2. The Bertz CT molecular complexity index is 634. The van der Waals surface area contributed by atoms with Gasteiger partial charge in [0, 0.05) is 6.54 Å². The van der Waals surface area contributed by atoms with Crippen LogP contribution in [0.5, 0.6) is 0 Å². The lowest BCUT2D eigenvalue weighted by Crippen LogP contribution is -2.46. The summed E-state index contributed by atoms with van der Waals surface area (Å²) in [6.45, 7) is 4.83. The highest BCUT2D eigenvalue weighted by Crippen LogP contribution is 2.25. The summed E-state index contributed by atoms with van der Waals surface area (Å²) in [6, 6.07) is -0.880. The Balaban J connectivity index is 2.93. The molecule has 1 aliphatic rings. The molecule has 0 aromatic heterocycles. The summed E-state index contributed by atoms with van der Waals surface area (Å²) in [4.78, 5) is 13.4. The third-order valence-corrected chi connectivity index (χ3v) is 4.02. The van der Waals surface area contributed by atoms with E-state index in [0.717, 1.165) is 12.5 Å². The molecule has 0 bridgehead atoms. The van der Waals surface area contributed by atoms with Crippen LogP contribution in [0.15, 0.2) is 0 Å². The van der Waals surface area contributed by atoms with Gasteiger partial charge in [0.25, 0.3) is 20.2 Å². The summed E-state index contributed by atoms with van der Waals surface area (Å²) in [5.74, 6) is 0. The van der Waals surface area contributed by atoms with Gasteiger partial charge in [0.1, 0.15) is 11.7 Å². The van der Waals surface area contributed by atoms with Crippen LogP contribution in [-0.2, 0) is 33.3 Å². The van der Waals surface area contributed by atoms with Crippen LogP contribution in [0, 0.1) is 0 Å². The number of carbonyl (C=O) groups excluding carboxylic acids is 1. The van der Waals surface area contributed by atoms with Crippen molar-refractivity contribution < 1.29 is 34.7 Å². The number of nitrogens with zero attached hydrogens (tertiary/aromatic N) is 1. The van der Waals surface area contributed by atoms with Gasteiger partial charge in [0.15, 0.2) is 0 Å². The first-order chi connectivity index (χ1) is 10.2. The van der Waals surface area contributed by atoms with Crippen LogP contribution in [0.3, 0.4) is 0 Å². The minimum Gasteiger partial charge on any atom is -0.444 e. The second kappa shape index (κ2) is 6.91. The number of rotatable bonds is 5. The van der Waals surface area contributed by atoms with Gasteiger partial charge >= 0.3 is 6.09 Å². The van der Waals surface area contributed by atoms with E-state index >= 15 is 0 Å². The predicted molar refractivity (Wildman–Crippen MR) is 81.9 cm³/mol. The normalized spacial score (nSPS) is 23.1. The van der Waals surface area contributed by atoms with E-state index in [0.29, 0.717) is 0 Å². The van der Waals surface area contributed by atoms with Crippen molar-refractivity contribution in [1.82, 2.24) is 4.90 Å². The van der Waals surface area contributed by atoms with Crippen LogP contribution >= 0.6 is 0 Å². The first-order valence-electron chi connectivity index (χ1n) is 6.90. The molecule has 0 unspecified atom stereocenters. The zero-order valence-corrected chi connectivity index (χ0v) is 15.4. The molecule has 11 heteroatoms. The molecular formula is C12H23NO8S2. The SMILES string of the molecule is CC(C)(C)OC(=O)N1CC[C@H](OS(C)(=O)=O)[C@H]1COS(C)(=O)=O. The van der Waals surface area contributed by atoms with E-state index in [9.17, 15) is 21.6 Å². The van der Waals surface area contributed by atoms with E-state index in [1.165, 1.54) is 4.90 Å². The van der Waals surface area contributed by atoms with Gasteiger partial charge in [-0.3, -0.25) is 8.37 Å². The minimum atomic E-state index is -3.76. The van der Waals surface area contributed by atoms with Gasteiger partial charge in [-0.15, -0.1) is 0 Å². The van der Waals surface area contributed by atoms with E-state index in [-0.39, 0.29) is 13.0 Å². The summed E-state index contributed by atoms with van der Waals surface area (Å²) in [5, 5.41) is 0. The van der Waals surface area contributed by atoms with Gasteiger partial charge in [-0.25, -0.2) is 4.79 Å². The van der Waals surface area contributed by atoms with Crippen LogP contribution in [0.25, 0.3) is 0 Å². The number of carbonyl (C=O) groups is 1. The second-order valence-corrected chi connectivity index (χ2v) is 9.60. The van der Waals surface area contributed by atoms with Crippen LogP contribution in [0.4, 0.5) is 4.79 Å². The fourth-order valence-corrected chi connectivity index (χ4v) is 3.16. The molecule has 1 heterocycles. The number of hydrogen-bond donors (Lipinski definition) is 0. The zero-order chi connectivity index (χ0) is 18.1. The lowest BCUT2D eigenvalue weighted by Gasteiger charge is -2.29. The fourth-order valence-electron chi connectivity index (χ4n) is 2.10. The van der Waals surface area contributed by atoms with E-state index in [1.807, 2.05) is 0 Å². The average Bonchev–Trinajstić information content (AvgIpc) is 2.63. The lowest BCUT2D eigenvalue weighted by molar-refractivity contribution is 0.0117. The second-order valence-electron chi connectivity index (χ2n) is 6.36. The number of amides is 1. The molecule has 0 aromatic carbocycles. The van der Waals surface area contributed by atoms with Crippen molar-refractivity contribution >= 4 is 26.3 Å². The summed E-state index contributed by atoms with van der Waals surface area (Å²) >= 11 is 0. The smallest absolute Gasteiger partial charge is 0.410 e. The molecule has 136 valence electrons. The van der Waals surface area contributed by atoms with Crippen molar-refractivity contribution in [1.29, 1.82) is 0 Å². The summed E-state index contributed by atoms with van der Waals surface area (Å²) in [5.41, 5.74) is -0.741. The predicted octanol–water partition coefficient (Wildman–Crippen LogP) is 0.317. The molecule has 9 nitrogen and oxygen atoms in total. The van der Waals surface area contributed by atoms with Gasteiger partial charge in [-0.1, -0.05) is 0 Å². The van der Waals surface area contributed by atoms with Gasteiger partial charge in [0.05, 0.1) is 25.2 Å². The Morgan fingerprint density at radius 1 is 1.13 bits per heavy atom. The molecule has 0 aliphatic carbocycles. The number of ether oxygens (including phenoxy) is 1. The Morgan fingerprint density at radius 3 is 2.13 bits per heavy atom. The van der Waals surface area contributed by atoms with Crippen molar-refractivity contribution in [2.75, 3.05) is 25.7 Å². The first-order valence-corrected chi connectivity index (χ1v) is 10.5. The standard InChI is InChI=1S/C12H23NO8S2/c1-12(2,3)20-11(14)13-7-6-10(21-23(5,17)18)9(13)8-19-22(4,15)16/h9-10H,6-8H2,1-5H3/t9-,10+/m1/s1. The molecule has 0 spiro atoms. The molecule has 0 saturated carbocycles. The highest BCUT2D eigenvalue weighted by Gasteiger charge is 2.42. The maximum Gasteiger partial charge on any atom is 0.410 e. The first kappa shape index (κ1) is 20.1. The summed E-state index contributed by atoms with van der Waals surface area (Å²) in [7, 11) is -7.51. The Labute approximate surface area is 137 Å². The average molecular weight is 373 g/mol. The lowest BCUT2D eigenvalue weighted by atomic mass is 10.2. The van der Waals surface area contributed by atoms with Gasteiger partial charge in [0.2, 0.25) is 0 Å². The topological polar surface area (TPSA) is 116 Å². The molecule has 1 rings (SSSR count). The molecule has 1 aliphatic heterocycles. The van der Waals surface area contributed by atoms with Gasteiger partial charge < -0.3 is 9.64 Å². The molecule has 0 aromatic rings. The Hall–Kier alpha value is -0.910. The number of hydrogen-bond acceptors (Lipinski definition) is 8. The van der Waals surface area contributed by atoms with Crippen molar-refractivity contribution in [3.63, 3.8) is 0 Å². The van der Waals surface area contributed by atoms with Crippen molar-refractivity contribution in [2.45, 2.75) is 44.9 Å². The number of likely N-dealkylation sites (tertiary alicyclic amines) is 1. The molecular weight excluding hydrogens is 350 g/mol. The molecule has 0 N–H and O–H groups in total. The van der Waals surface area contributed by atoms with Crippen molar-refractivity contribution in [2.24, 2.45) is 0 Å². The van der Waals surface area contributed by atoms with Crippen LogP contribution in [0.1, 0.15) is 27.2 Å².